The lowest BCUT2D eigenvalue weighted by atomic mass is 10.0. The minimum Gasteiger partial charge on any atom is -0.480 e. The third-order valence-electron chi connectivity index (χ3n) is 2.85. The van der Waals surface area contributed by atoms with Gasteiger partial charge in [0.2, 0.25) is 5.82 Å². The van der Waals surface area contributed by atoms with Crippen LogP contribution in [0.25, 0.3) is 11.1 Å². The smallest absolute Gasteiger partial charge is 0.341 e. The summed E-state index contributed by atoms with van der Waals surface area (Å²) >= 11 is 5.59. The monoisotopic (exact) mass is 370 g/mol. The molecule has 0 aliphatic carbocycles. The molecule has 0 unspecified atom stereocenters. The minimum absolute atomic E-state index is 0.457. The Bertz CT molecular complexity index is 811. The van der Waals surface area contributed by atoms with Crippen LogP contribution in [0.5, 0.6) is 5.75 Å². The fraction of sp³-hybridized carbons (Fsp3) is 0.0714. The largest absolute Gasteiger partial charge is 0.480 e. The summed E-state index contributed by atoms with van der Waals surface area (Å²) in [6.07, 6.45) is 0. The number of carboxylic acid groups (broad SMARTS) is 1. The highest BCUT2D eigenvalue weighted by atomic mass is 35.5. The lowest BCUT2D eigenvalue weighted by Gasteiger charge is -2.12. The van der Waals surface area contributed by atoms with E-state index in [-0.39, 0.29) is 0 Å². The molecule has 24 heavy (non-hydrogen) atoms. The van der Waals surface area contributed by atoms with Gasteiger partial charge in [0.05, 0.1) is 10.6 Å². The number of hydrogen-bond acceptors (Lipinski definition) is 2. The van der Waals surface area contributed by atoms with Crippen molar-refractivity contribution in [2.75, 3.05) is 6.61 Å². The molecule has 0 aliphatic rings. The summed E-state index contributed by atoms with van der Waals surface area (Å²) in [6.45, 7) is -0.929. The van der Waals surface area contributed by atoms with Gasteiger partial charge in [-0.25, -0.2) is 31.1 Å². The molecular formula is C14H5ClF6O3. The fourth-order valence-corrected chi connectivity index (χ4v) is 2.02. The molecule has 0 saturated heterocycles. The van der Waals surface area contributed by atoms with Crippen molar-refractivity contribution in [1.29, 1.82) is 0 Å². The number of carbonyl (C=O) groups is 1. The van der Waals surface area contributed by atoms with Gasteiger partial charge in [-0.05, 0) is 12.1 Å². The molecule has 0 bridgehead atoms. The van der Waals surface area contributed by atoms with E-state index < -0.39 is 69.4 Å². The van der Waals surface area contributed by atoms with Crippen LogP contribution in [0.1, 0.15) is 0 Å². The predicted octanol–water partition coefficient (Wildman–Crippen LogP) is 4.31. The van der Waals surface area contributed by atoms with Gasteiger partial charge in [0.1, 0.15) is 11.6 Å². The SMILES string of the molecule is O=C(O)COc1cc(-c2c(F)c(F)c(F)c(F)c2F)c(F)cc1Cl. The molecular weight excluding hydrogens is 366 g/mol. The van der Waals surface area contributed by atoms with Gasteiger partial charge >= 0.3 is 5.97 Å². The number of rotatable bonds is 4. The van der Waals surface area contributed by atoms with Crippen molar-refractivity contribution < 1.29 is 41.0 Å². The van der Waals surface area contributed by atoms with E-state index in [0.717, 1.165) is 0 Å². The van der Waals surface area contributed by atoms with Crippen molar-refractivity contribution in [2.24, 2.45) is 0 Å². The summed E-state index contributed by atoms with van der Waals surface area (Å²) in [4.78, 5) is 10.4. The minimum atomic E-state index is -2.40. The standard InChI is InChI=1S/C14H5ClF6O3/c15-5-2-6(16)4(1-7(5)24-3-8(22)23)9-10(17)12(19)14(21)13(20)11(9)18/h1-2H,3H2,(H,22,23). The number of halogens is 7. The number of benzene rings is 2. The fourth-order valence-electron chi connectivity index (χ4n) is 1.81. The van der Waals surface area contributed by atoms with E-state index in [4.69, 9.17) is 16.7 Å². The first-order chi connectivity index (χ1) is 11.1. The van der Waals surface area contributed by atoms with Gasteiger partial charge in [0, 0.05) is 5.56 Å². The molecule has 0 aromatic heterocycles. The number of aliphatic carboxylic acids is 1. The molecule has 0 heterocycles. The molecule has 0 atom stereocenters. The Morgan fingerprint density at radius 3 is 1.96 bits per heavy atom. The van der Waals surface area contributed by atoms with Gasteiger partial charge in [-0.2, -0.15) is 0 Å². The highest BCUT2D eigenvalue weighted by Crippen LogP contribution is 2.37. The Morgan fingerprint density at radius 2 is 1.46 bits per heavy atom. The molecule has 1 N–H and O–H groups in total. The van der Waals surface area contributed by atoms with E-state index >= 15 is 0 Å². The van der Waals surface area contributed by atoms with E-state index in [1.165, 1.54) is 0 Å². The van der Waals surface area contributed by atoms with Gasteiger partial charge in [0.15, 0.2) is 29.9 Å². The first-order valence-corrected chi connectivity index (χ1v) is 6.38. The molecule has 0 aliphatic heterocycles. The van der Waals surface area contributed by atoms with E-state index in [9.17, 15) is 31.1 Å². The second-order valence-electron chi connectivity index (χ2n) is 4.39. The molecule has 2 rings (SSSR count). The van der Waals surface area contributed by atoms with Gasteiger partial charge < -0.3 is 9.84 Å². The van der Waals surface area contributed by atoms with Crippen LogP contribution in [0.4, 0.5) is 26.3 Å². The van der Waals surface area contributed by atoms with E-state index in [0.29, 0.717) is 12.1 Å². The molecule has 0 saturated carbocycles. The van der Waals surface area contributed by atoms with Gasteiger partial charge in [-0.15, -0.1) is 0 Å². The van der Waals surface area contributed by atoms with Crippen LogP contribution < -0.4 is 4.74 Å². The van der Waals surface area contributed by atoms with Crippen LogP contribution in [0.2, 0.25) is 5.02 Å². The van der Waals surface area contributed by atoms with Gasteiger partial charge in [-0.1, -0.05) is 11.6 Å². The molecule has 10 heteroatoms. The maximum Gasteiger partial charge on any atom is 0.341 e. The summed E-state index contributed by atoms with van der Waals surface area (Å²) < 4.78 is 85.6. The van der Waals surface area contributed by atoms with Crippen LogP contribution in [0, 0.1) is 34.9 Å². The summed E-state index contributed by atoms with van der Waals surface area (Å²) in [6, 6.07) is 1.03. The average molecular weight is 371 g/mol. The predicted molar refractivity (Wildman–Crippen MR) is 69.8 cm³/mol. The third-order valence-corrected chi connectivity index (χ3v) is 3.15. The summed E-state index contributed by atoms with van der Waals surface area (Å²) in [5.41, 5.74) is -2.56. The molecule has 2 aromatic carbocycles. The Labute approximate surface area is 135 Å². The Balaban J connectivity index is 2.69. The maximum atomic E-state index is 13.9. The van der Waals surface area contributed by atoms with Crippen molar-refractivity contribution in [3.05, 3.63) is 52.1 Å². The molecule has 0 fully saturated rings. The molecule has 0 radical (unpaired) electrons. The zero-order valence-electron chi connectivity index (χ0n) is 11.3. The van der Waals surface area contributed by atoms with Crippen molar-refractivity contribution in [1.82, 2.24) is 0 Å². The Morgan fingerprint density at radius 1 is 0.958 bits per heavy atom. The Kier molecular flexibility index (Phi) is 4.93. The normalized spacial score (nSPS) is 10.8. The quantitative estimate of drug-likeness (QED) is 0.496. The van der Waals surface area contributed by atoms with Crippen LogP contribution in [0.3, 0.4) is 0 Å². The van der Waals surface area contributed by atoms with Crippen molar-refractivity contribution in [3.63, 3.8) is 0 Å². The lowest BCUT2D eigenvalue weighted by molar-refractivity contribution is -0.139. The molecule has 3 nitrogen and oxygen atoms in total. The second kappa shape index (κ2) is 6.60. The average Bonchev–Trinajstić information content (AvgIpc) is 2.52. The van der Waals surface area contributed by atoms with Crippen molar-refractivity contribution in [3.8, 4) is 16.9 Å². The zero-order valence-corrected chi connectivity index (χ0v) is 12.0. The number of carboxylic acids is 1. The number of ether oxygens (including phenoxy) is 1. The third kappa shape index (κ3) is 3.12. The first-order valence-electron chi connectivity index (χ1n) is 6.00. The zero-order chi connectivity index (χ0) is 18.2. The molecule has 0 amide bonds. The van der Waals surface area contributed by atoms with Crippen LogP contribution in [0.15, 0.2) is 12.1 Å². The van der Waals surface area contributed by atoms with Crippen LogP contribution in [-0.2, 0) is 4.79 Å². The second-order valence-corrected chi connectivity index (χ2v) is 4.80. The molecule has 0 spiro atoms. The van der Waals surface area contributed by atoms with Crippen LogP contribution in [-0.4, -0.2) is 17.7 Å². The van der Waals surface area contributed by atoms with E-state index in [2.05, 4.69) is 4.74 Å². The van der Waals surface area contributed by atoms with Crippen molar-refractivity contribution in [2.45, 2.75) is 0 Å². The molecule has 128 valence electrons. The highest BCUT2D eigenvalue weighted by Gasteiger charge is 2.28. The lowest BCUT2D eigenvalue weighted by Crippen LogP contribution is -2.10. The summed E-state index contributed by atoms with van der Waals surface area (Å²) in [5.74, 6) is -14.8. The summed E-state index contributed by atoms with van der Waals surface area (Å²) in [7, 11) is 0. The molecule has 2 aromatic rings. The highest BCUT2D eigenvalue weighted by molar-refractivity contribution is 6.32. The van der Waals surface area contributed by atoms with E-state index in [1.54, 1.807) is 0 Å². The van der Waals surface area contributed by atoms with Crippen molar-refractivity contribution >= 4 is 17.6 Å². The first kappa shape index (κ1) is 17.9. The maximum absolute atomic E-state index is 13.9. The Hall–Kier alpha value is -2.42. The van der Waals surface area contributed by atoms with Gasteiger partial charge in [0.25, 0.3) is 0 Å². The number of hydrogen-bond donors (Lipinski definition) is 1. The van der Waals surface area contributed by atoms with E-state index in [1.807, 2.05) is 0 Å². The topological polar surface area (TPSA) is 46.5 Å². The van der Waals surface area contributed by atoms with Crippen LogP contribution >= 0.6 is 11.6 Å². The summed E-state index contributed by atoms with van der Waals surface area (Å²) in [5, 5.41) is 8.04. The van der Waals surface area contributed by atoms with Gasteiger partial charge in [-0.3, -0.25) is 0 Å².